The fourth-order valence-electron chi connectivity index (χ4n) is 2.92. The highest BCUT2D eigenvalue weighted by Gasteiger charge is 2.19. The molecule has 1 amide bonds. The van der Waals surface area contributed by atoms with Crippen LogP contribution in [0.4, 0.5) is 0 Å². The average molecular weight is 492 g/mol. The summed E-state index contributed by atoms with van der Waals surface area (Å²) in [6.07, 6.45) is 0. The molecule has 0 aliphatic rings. The number of amides is 1. The summed E-state index contributed by atoms with van der Waals surface area (Å²) in [4.78, 5) is 12.2. The molecule has 0 saturated carbocycles. The van der Waals surface area contributed by atoms with E-state index in [4.69, 9.17) is 30.2 Å². The predicted octanol–water partition coefficient (Wildman–Crippen LogP) is 4.99. The Morgan fingerprint density at radius 3 is 2.36 bits per heavy atom. The molecule has 176 valence electrons. The van der Waals surface area contributed by atoms with Crippen molar-refractivity contribution in [1.29, 1.82) is 0 Å². The number of halogens is 1. The molecule has 10 heteroatoms. The van der Waals surface area contributed by atoms with Gasteiger partial charge in [-0.15, -0.1) is 10.2 Å². The molecule has 8 nitrogen and oxygen atoms in total. The Morgan fingerprint density at radius 1 is 1.03 bits per heavy atom. The smallest absolute Gasteiger partial charge is 0.277 e. The first-order valence-electron chi connectivity index (χ1n) is 10.6. The number of aromatic nitrogens is 2. The Morgan fingerprint density at radius 2 is 1.73 bits per heavy atom. The molecule has 0 unspecified atom stereocenters. The molecule has 3 aromatic rings. The number of thioether (sulfide) groups is 1. The fourth-order valence-corrected chi connectivity index (χ4v) is 3.73. The van der Waals surface area contributed by atoms with Gasteiger partial charge in [0.05, 0.1) is 25.6 Å². The molecule has 0 bridgehead atoms. The summed E-state index contributed by atoms with van der Waals surface area (Å²) in [5.41, 5.74) is 1.56. The van der Waals surface area contributed by atoms with Crippen molar-refractivity contribution in [2.75, 3.05) is 25.6 Å². The van der Waals surface area contributed by atoms with E-state index in [1.54, 1.807) is 18.2 Å². The van der Waals surface area contributed by atoms with Crippen LogP contribution in [0.15, 0.2) is 46.0 Å². The van der Waals surface area contributed by atoms with Crippen LogP contribution in [0.5, 0.6) is 17.2 Å². The van der Waals surface area contributed by atoms with E-state index in [2.05, 4.69) is 15.5 Å². The van der Waals surface area contributed by atoms with Crippen molar-refractivity contribution in [2.45, 2.75) is 32.5 Å². The lowest BCUT2D eigenvalue weighted by Crippen LogP contribution is -2.24. The topological polar surface area (TPSA) is 95.7 Å². The third-order valence-corrected chi connectivity index (χ3v) is 5.32. The Labute approximate surface area is 202 Å². The molecular weight excluding hydrogens is 466 g/mol. The van der Waals surface area contributed by atoms with Gasteiger partial charge in [0.25, 0.3) is 5.22 Å². The molecule has 0 saturated heterocycles. The summed E-state index contributed by atoms with van der Waals surface area (Å²) < 4.78 is 22.9. The highest BCUT2D eigenvalue weighted by Crippen LogP contribution is 2.42. The maximum atomic E-state index is 12.2. The first kappa shape index (κ1) is 24.7. The van der Waals surface area contributed by atoms with Gasteiger partial charge in [-0.25, -0.2) is 0 Å². The van der Waals surface area contributed by atoms with Gasteiger partial charge < -0.3 is 23.9 Å². The average Bonchev–Trinajstić information content (AvgIpc) is 3.28. The summed E-state index contributed by atoms with van der Waals surface area (Å²) in [5, 5.41) is 11.9. The maximum absolute atomic E-state index is 12.2. The minimum Gasteiger partial charge on any atom is -0.490 e. The molecule has 0 spiro atoms. The van der Waals surface area contributed by atoms with Crippen LogP contribution in [0.3, 0.4) is 0 Å². The molecule has 0 fully saturated rings. The SMILES string of the molecule is CCOc1cc(-c2nnc(SCC(=O)NCc3cccc(Cl)c3)o2)cc(OCC)c1OCC. The summed E-state index contributed by atoms with van der Waals surface area (Å²) in [7, 11) is 0. The molecule has 0 aliphatic carbocycles. The van der Waals surface area contributed by atoms with Gasteiger partial charge in [-0.3, -0.25) is 4.79 Å². The van der Waals surface area contributed by atoms with Gasteiger partial charge in [-0.2, -0.15) is 0 Å². The van der Waals surface area contributed by atoms with Gasteiger partial charge in [0.15, 0.2) is 11.5 Å². The minimum atomic E-state index is -0.155. The zero-order valence-corrected chi connectivity index (χ0v) is 20.3. The van der Waals surface area contributed by atoms with Crippen LogP contribution >= 0.6 is 23.4 Å². The van der Waals surface area contributed by atoms with Gasteiger partial charge >= 0.3 is 0 Å². The van der Waals surface area contributed by atoms with Crippen molar-refractivity contribution >= 4 is 29.3 Å². The van der Waals surface area contributed by atoms with Crippen LogP contribution in [0.2, 0.25) is 5.02 Å². The Bertz CT molecular complexity index is 1050. The number of ether oxygens (including phenoxy) is 3. The van der Waals surface area contributed by atoms with Crippen molar-refractivity contribution in [3.8, 4) is 28.7 Å². The normalized spacial score (nSPS) is 10.7. The lowest BCUT2D eigenvalue weighted by atomic mass is 10.2. The third kappa shape index (κ3) is 7.03. The van der Waals surface area contributed by atoms with Gasteiger partial charge in [0.1, 0.15) is 0 Å². The van der Waals surface area contributed by atoms with Gasteiger partial charge in [-0.1, -0.05) is 35.5 Å². The summed E-state index contributed by atoms with van der Waals surface area (Å²) in [5.74, 6) is 1.89. The van der Waals surface area contributed by atoms with E-state index in [0.717, 1.165) is 17.3 Å². The van der Waals surface area contributed by atoms with E-state index in [1.807, 2.05) is 39.0 Å². The van der Waals surface area contributed by atoms with E-state index in [1.165, 1.54) is 0 Å². The molecule has 1 N–H and O–H groups in total. The third-order valence-electron chi connectivity index (χ3n) is 4.27. The van der Waals surface area contributed by atoms with Crippen molar-refractivity contribution in [3.63, 3.8) is 0 Å². The Kier molecular flexibility index (Phi) is 9.26. The first-order chi connectivity index (χ1) is 16.0. The number of nitrogens with zero attached hydrogens (tertiary/aromatic N) is 2. The number of carbonyl (C=O) groups excluding carboxylic acids is 1. The quantitative estimate of drug-likeness (QED) is 0.354. The monoisotopic (exact) mass is 491 g/mol. The largest absolute Gasteiger partial charge is 0.490 e. The fraction of sp³-hybridized carbons (Fsp3) is 0.348. The Hall–Kier alpha value is -2.91. The van der Waals surface area contributed by atoms with Crippen molar-refractivity contribution in [3.05, 3.63) is 47.0 Å². The van der Waals surface area contributed by atoms with Crippen LogP contribution < -0.4 is 19.5 Å². The molecular formula is C23H26ClN3O5S. The van der Waals surface area contributed by atoms with Crippen LogP contribution in [-0.2, 0) is 11.3 Å². The molecule has 3 rings (SSSR count). The maximum Gasteiger partial charge on any atom is 0.277 e. The van der Waals surface area contributed by atoms with Crippen molar-refractivity contribution in [2.24, 2.45) is 0 Å². The van der Waals surface area contributed by atoms with E-state index in [9.17, 15) is 4.79 Å². The molecule has 1 aromatic heterocycles. The highest BCUT2D eigenvalue weighted by atomic mass is 35.5. The first-order valence-corrected chi connectivity index (χ1v) is 11.9. The van der Waals surface area contributed by atoms with Gasteiger partial charge in [0, 0.05) is 17.1 Å². The van der Waals surface area contributed by atoms with E-state index in [0.29, 0.717) is 60.1 Å². The molecule has 1 heterocycles. The Balaban J connectivity index is 1.66. The zero-order valence-electron chi connectivity index (χ0n) is 18.7. The van der Waals surface area contributed by atoms with E-state index in [-0.39, 0.29) is 16.9 Å². The van der Waals surface area contributed by atoms with Crippen molar-refractivity contribution < 1.29 is 23.4 Å². The van der Waals surface area contributed by atoms with Crippen LogP contribution in [0.25, 0.3) is 11.5 Å². The number of carbonyl (C=O) groups is 1. The standard InChI is InChI=1S/C23H26ClN3O5S/c1-4-29-18-11-16(12-19(30-5-2)21(18)31-6-3)22-26-27-23(32-22)33-14-20(28)25-13-15-8-7-9-17(24)10-15/h7-12H,4-6,13-14H2,1-3H3,(H,25,28). The highest BCUT2D eigenvalue weighted by molar-refractivity contribution is 7.99. The van der Waals surface area contributed by atoms with E-state index < -0.39 is 0 Å². The zero-order chi connectivity index (χ0) is 23.6. The number of rotatable bonds is 12. The predicted molar refractivity (Wildman–Crippen MR) is 127 cm³/mol. The van der Waals surface area contributed by atoms with E-state index >= 15 is 0 Å². The van der Waals surface area contributed by atoms with Crippen LogP contribution in [-0.4, -0.2) is 41.7 Å². The molecule has 33 heavy (non-hydrogen) atoms. The number of hydrogen-bond acceptors (Lipinski definition) is 8. The van der Waals surface area contributed by atoms with Crippen LogP contribution in [0, 0.1) is 0 Å². The van der Waals surface area contributed by atoms with Gasteiger partial charge in [-0.05, 0) is 50.6 Å². The van der Waals surface area contributed by atoms with Crippen LogP contribution in [0.1, 0.15) is 26.3 Å². The summed E-state index contributed by atoms with van der Waals surface area (Å²) in [6, 6.07) is 10.9. The second-order valence-corrected chi connectivity index (χ2v) is 8.03. The molecule has 0 radical (unpaired) electrons. The lowest BCUT2D eigenvalue weighted by molar-refractivity contribution is -0.118. The second-order valence-electron chi connectivity index (χ2n) is 6.67. The number of benzene rings is 2. The number of nitrogens with one attached hydrogen (secondary N) is 1. The van der Waals surface area contributed by atoms with Crippen molar-refractivity contribution in [1.82, 2.24) is 15.5 Å². The molecule has 2 aromatic carbocycles. The van der Waals surface area contributed by atoms with Gasteiger partial charge in [0.2, 0.25) is 17.5 Å². The lowest BCUT2D eigenvalue weighted by Gasteiger charge is -2.16. The molecule has 0 atom stereocenters. The number of hydrogen-bond donors (Lipinski definition) is 1. The molecule has 0 aliphatic heterocycles. The second kappa shape index (κ2) is 12.4. The summed E-state index contributed by atoms with van der Waals surface area (Å²) >= 11 is 7.12. The summed E-state index contributed by atoms with van der Waals surface area (Å²) in [6.45, 7) is 7.46. The minimum absolute atomic E-state index is 0.139.